The summed E-state index contributed by atoms with van der Waals surface area (Å²) in [6.07, 6.45) is 0.538. The van der Waals surface area contributed by atoms with Gasteiger partial charge in [-0.05, 0) is 36.1 Å². The second-order valence-electron chi connectivity index (χ2n) is 6.42. The Hall–Kier alpha value is -2.34. The van der Waals surface area contributed by atoms with Crippen LogP contribution in [0.25, 0.3) is 0 Å². The average molecular weight is 364 g/mol. The van der Waals surface area contributed by atoms with E-state index in [0.29, 0.717) is 22.2 Å². The maximum absolute atomic E-state index is 12.6. The van der Waals surface area contributed by atoms with Gasteiger partial charge in [0.25, 0.3) is 5.91 Å². The highest BCUT2D eigenvalue weighted by atomic mass is 35.5. The summed E-state index contributed by atoms with van der Waals surface area (Å²) < 4.78 is 1.52. The molecule has 1 amide bonds. The zero-order valence-electron chi connectivity index (χ0n) is 14.5. The Balaban J connectivity index is 2.22. The maximum Gasteiger partial charge on any atom is 0.305 e. The molecule has 2 rings (SSSR count). The average Bonchev–Trinajstić information content (AvgIpc) is 2.85. The second kappa shape index (κ2) is 8.16. The van der Waals surface area contributed by atoms with Gasteiger partial charge in [0.05, 0.1) is 18.2 Å². The number of carbonyl (C=O) groups excluding carboxylic acids is 1. The van der Waals surface area contributed by atoms with E-state index in [9.17, 15) is 9.59 Å². The van der Waals surface area contributed by atoms with E-state index in [1.54, 1.807) is 37.4 Å². The summed E-state index contributed by atoms with van der Waals surface area (Å²) in [5, 5.41) is 16.8. The lowest BCUT2D eigenvalue weighted by Crippen LogP contribution is -2.31. The third kappa shape index (κ3) is 5.32. The first kappa shape index (κ1) is 19.0. The number of nitrogens with one attached hydrogen (secondary N) is 1. The van der Waals surface area contributed by atoms with E-state index in [4.69, 9.17) is 16.7 Å². The van der Waals surface area contributed by atoms with Crippen molar-refractivity contribution in [3.63, 3.8) is 0 Å². The predicted molar refractivity (Wildman–Crippen MR) is 95.7 cm³/mol. The Morgan fingerprint density at radius 1 is 1.32 bits per heavy atom. The summed E-state index contributed by atoms with van der Waals surface area (Å²) in [4.78, 5) is 23.8. The summed E-state index contributed by atoms with van der Waals surface area (Å²) in [5.41, 5.74) is 1.88. The molecule has 2 aromatic rings. The molecule has 1 heterocycles. The highest BCUT2D eigenvalue weighted by Crippen LogP contribution is 2.21. The first-order valence-corrected chi connectivity index (χ1v) is 8.45. The normalized spacial score (nSPS) is 12.2. The summed E-state index contributed by atoms with van der Waals surface area (Å²) >= 11 is 5.98. The fraction of sp³-hybridized carbons (Fsp3) is 0.389. The molecule has 134 valence electrons. The summed E-state index contributed by atoms with van der Waals surface area (Å²) in [7, 11) is 1.70. The molecule has 1 aromatic heterocycles. The molecule has 1 atom stereocenters. The molecule has 0 aliphatic carbocycles. The van der Waals surface area contributed by atoms with Gasteiger partial charge >= 0.3 is 5.97 Å². The van der Waals surface area contributed by atoms with E-state index < -0.39 is 12.0 Å². The molecule has 0 spiro atoms. The molecule has 0 radical (unpaired) electrons. The first-order chi connectivity index (χ1) is 11.8. The standard InChI is InChI=1S/C18H22ClN3O3/c1-11(2)7-14-9-16(22(3)21-14)18(25)20-15(10-17(23)24)12-5-4-6-13(19)8-12/h4-6,8-9,11,15H,7,10H2,1-3H3,(H,20,25)(H,23,24). The Bertz CT molecular complexity index is 771. The van der Waals surface area contributed by atoms with Crippen LogP contribution in [-0.2, 0) is 18.3 Å². The molecule has 0 bridgehead atoms. The third-order valence-corrected chi connectivity index (χ3v) is 3.95. The summed E-state index contributed by atoms with van der Waals surface area (Å²) in [6, 6.07) is 7.89. The Kier molecular flexibility index (Phi) is 6.20. The molecular formula is C18H22ClN3O3. The highest BCUT2D eigenvalue weighted by molar-refractivity contribution is 6.30. The van der Waals surface area contributed by atoms with Crippen LogP contribution in [0.2, 0.25) is 5.02 Å². The fourth-order valence-corrected chi connectivity index (χ4v) is 2.84. The SMILES string of the molecule is CC(C)Cc1cc(C(=O)NC(CC(=O)O)c2cccc(Cl)c2)n(C)n1. The van der Waals surface area contributed by atoms with Crippen molar-refractivity contribution in [1.29, 1.82) is 0 Å². The molecule has 0 fully saturated rings. The molecular weight excluding hydrogens is 342 g/mol. The number of aryl methyl sites for hydroxylation is 1. The number of hydrogen-bond acceptors (Lipinski definition) is 3. The lowest BCUT2D eigenvalue weighted by atomic mass is 10.0. The van der Waals surface area contributed by atoms with Crippen LogP contribution < -0.4 is 5.32 Å². The topological polar surface area (TPSA) is 84.2 Å². The number of carboxylic acid groups (broad SMARTS) is 1. The smallest absolute Gasteiger partial charge is 0.305 e. The van der Waals surface area contributed by atoms with Crippen LogP contribution in [0, 0.1) is 5.92 Å². The third-order valence-electron chi connectivity index (χ3n) is 3.72. The van der Waals surface area contributed by atoms with Gasteiger partial charge in [0.2, 0.25) is 0 Å². The van der Waals surface area contributed by atoms with E-state index in [-0.39, 0.29) is 12.3 Å². The molecule has 0 saturated carbocycles. The number of amides is 1. The van der Waals surface area contributed by atoms with Gasteiger partial charge in [-0.15, -0.1) is 0 Å². The minimum absolute atomic E-state index is 0.233. The molecule has 1 aromatic carbocycles. The van der Waals surface area contributed by atoms with Crippen molar-refractivity contribution in [1.82, 2.24) is 15.1 Å². The van der Waals surface area contributed by atoms with E-state index in [0.717, 1.165) is 12.1 Å². The molecule has 7 heteroatoms. The Labute approximate surface area is 151 Å². The number of nitrogens with zero attached hydrogens (tertiary/aromatic N) is 2. The van der Waals surface area contributed by atoms with Crippen molar-refractivity contribution in [2.45, 2.75) is 32.7 Å². The second-order valence-corrected chi connectivity index (χ2v) is 6.86. The van der Waals surface area contributed by atoms with E-state index in [1.807, 2.05) is 0 Å². The zero-order valence-corrected chi connectivity index (χ0v) is 15.2. The van der Waals surface area contributed by atoms with Gasteiger partial charge in [0, 0.05) is 12.1 Å². The number of aliphatic carboxylic acids is 1. The number of halogens is 1. The summed E-state index contributed by atoms with van der Waals surface area (Å²) in [6.45, 7) is 4.16. The summed E-state index contributed by atoms with van der Waals surface area (Å²) in [5.74, 6) is -0.941. The van der Waals surface area contributed by atoms with E-state index in [1.165, 1.54) is 4.68 Å². The van der Waals surface area contributed by atoms with Crippen LogP contribution in [0.1, 0.15) is 48.1 Å². The van der Waals surface area contributed by atoms with Gasteiger partial charge < -0.3 is 10.4 Å². The zero-order chi connectivity index (χ0) is 18.6. The van der Waals surface area contributed by atoms with Crippen molar-refractivity contribution in [2.75, 3.05) is 0 Å². The fourth-order valence-electron chi connectivity index (χ4n) is 2.64. The van der Waals surface area contributed by atoms with Gasteiger partial charge in [0.15, 0.2) is 0 Å². The number of hydrogen-bond donors (Lipinski definition) is 2. The van der Waals surface area contributed by atoms with Crippen LogP contribution in [-0.4, -0.2) is 26.8 Å². The van der Waals surface area contributed by atoms with Crippen molar-refractivity contribution in [3.05, 3.63) is 52.3 Å². The highest BCUT2D eigenvalue weighted by Gasteiger charge is 2.21. The van der Waals surface area contributed by atoms with Crippen LogP contribution in [0.4, 0.5) is 0 Å². The number of benzene rings is 1. The van der Waals surface area contributed by atoms with Gasteiger partial charge in [-0.2, -0.15) is 5.10 Å². The maximum atomic E-state index is 12.6. The van der Waals surface area contributed by atoms with Crippen molar-refractivity contribution in [2.24, 2.45) is 13.0 Å². The van der Waals surface area contributed by atoms with E-state index >= 15 is 0 Å². The Morgan fingerprint density at radius 3 is 2.64 bits per heavy atom. The molecule has 0 aliphatic rings. The van der Waals surface area contributed by atoms with Crippen LogP contribution >= 0.6 is 11.6 Å². The van der Waals surface area contributed by atoms with Gasteiger partial charge in [-0.3, -0.25) is 14.3 Å². The van der Waals surface area contributed by atoms with Gasteiger partial charge in [0.1, 0.15) is 5.69 Å². The minimum Gasteiger partial charge on any atom is -0.481 e. The van der Waals surface area contributed by atoms with Gasteiger partial charge in [-0.1, -0.05) is 37.6 Å². The van der Waals surface area contributed by atoms with Crippen LogP contribution in [0.3, 0.4) is 0 Å². The number of carboxylic acids is 1. The number of rotatable bonds is 7. The predicted octanol–water partition coefficient (Wildman–Crippen LogP) is 3.22. The van der Waals surface area contributed by atoms with Crippen LogP contribution in [0.15, 0.2) is 30.3 Å². The largest absolute Gasteiger partial charge is 0.481 e. The first-order valence-electron chi connectivity index (χ1n) is 8.07. The molecule has 2 N–H and O–H groups in total. The van der Waals surface area contributed by atoms with Crippen molar-refractivity contribution >= 4 is 23.5 Å². The van der Waals surface area contributed by atoms with Gasteiger partial charge in [-0.25, -0.2) is 0 Å². The molecule has 1 unspecified atom stereocenters. The van der Waals surface area contributed by atoms with Crippen LogP contribution in [0.5, 0.6) is 0 Å². The molecule has 25 heavy (non-hydrogen) atoms. The van der Waals surface area contributed by atoms with Crippen molar-refractivity contribution in [3.8, 4) is 0 Å². The Morgan fingerprint density at radius 2 is 2.04 bits per heavy atom. The molecule has 0 aliphatic heterocycles. The van der Waals surface area contributed by atoms with Crippen molar-refractivity contribution < 1.29 is 14.7 Å². The lowest BCUT2D eigenvalue weighted by molar-refractivity contribution is -0.137. The number of aromatic nitrogens is 2. The molecule has 0 saturated heterocycles. The quantitative estimate of drug-likeness (QED) is 0.791. The minimum atomic E-state index is -1.00. The monoisotopic (exact) mass is 363 g/mol. The van der Waals surface area contributed by atoms with E-state index in [2.05, 4.69) is 24.3 Å². The lowest BCUT2D eigenvalue weighted by Gasteiger charge is -2.17. The number of carbonyl (C=O) groups is 2. The molecule has 6 nitrogen and oxygen atoms in total.